The third-order valence-corrected chi connectivity index (χ3v) is 3.38. The van der Waals surface area contributed by atoms with Crippen molar-refractivity contribution in [3.63, 3.8) is 0 Å². The number of carboxylic acid groups (broad SMARTS) is 1. The van der Waals surface area contributed by atoms with Crippen molar-refractivity contribution >= 4 is 11.9 Å². The van der Waals surface area contributed by atoms with Crippen molar-refractivity contribution in [1.29, 1.82) is 0 Å². The van der Waals surface area contributed by atoms with E-state index in [0.717, 1.165) is 6.42 Å². The number of amides is 1. The maximum absolute atomic E-state index is 11.9. The van der Waals surface area contributed by atoms with Crippen LogP contribution in [-0.4, -0.2) is 35.5 Å². The Kier molecular flexibility index (Phi) is 3.65. The fourth-order valence-electron chi connectivity index (χ4n) is 2.08. The molecule has 0 aliphatic heterocycles. The smallest absolute Gasteiger partial charge is 0.307 e. The largest absolute Gasteiger partial charge is 0.481 e. The monoisotopic (exact) mass is 247 g/mol. The van der Waals surface area contributed by atoms with Gasteiger partial charge in [-0.2, -0.15) is 0 Å². The van der Waals surface area contributed by atoms with Crippen LogP contribution in [0.15, 0.2) is 30.3 Å². The number of rotatable bonds is 5. The normalized spacial score (nSPS) is 21.4. The first-order valence-corrected chi connectivity index (χ1v) is 6.11. The van der Waals surface area contributed by atoms with Gasteiger partial charge in [-0.25, -0.2) is 0 Å². The van der Waals surface area contributed by atoms with Gasteiger partial charge in [0.2, 0.25) is 5.91 Å². The van der Waals surface area contributed by atoms with E-state index in [2.05, 4.69) is 0 Å². The van der Waals surface area contributed by atoms with Crippen LogP contribution < -0.4 is 0 Å². The molecule has 1 saturated carbocycles. The van der Waals surface area contributed by atoms with Gasteiger partial charge in [0, 0.05) is 13.6 Å². The summed E-state index contributed by atoms with van der Waals surface area (Å²) in [5, 5.41) is 8.79. The molecule has 1 aliphatic rings. The maximum atomic E-state index is 11.9. The fourth-order valence-corrected chi connectivity index (χ4v) is 2.08. The molecular formula is C14H17NO3. The highest BCUT2D eigenvalue weighted by molar-refractivity contribution is 5.89. The predicted molar refractivity (Wildman–Crippen MR) is 67.0 cm³/mol. The molecular weight excluding hydrogens is 230 g/mol. The maximum Gasteiger partial charge on any atom is 0.307 e. The first-order chi connectivity index (χ1) is 8.59. The molecule has 0 saturated heterocycles. The van der Waals surface area contributed by atoms with Crippen LogP contribution in [0.1, 0.15) is 12.0 Å². The second-order valence-corrected chi connectivity index (χ2v) is 4.78. The van der Waals surface area contributed by atoms with Crippen LogP contribution >= 0.6 is 0 Å². The predicted octanol–water partition coefficient (Wildman–Crippen LogP) is 1.41. The molecule has 2 unspecified atom stereocenters. The molecule has 0 bridgehead atoms. The Labute approximate surface area is 106 Å². The van der Waals surface area contributed by atoms with E-state index >= 15 is 0 Å². The minimum atomic E-state index is -0.857. The minimum absolute atomic E-state index is 0.0432. The van der Waals surface area contributed by atoms with Crippen molar-refractivity contribution in [2.24, 2.45) is 11.8 Å². The van der Waals surface area contributed by atoms with E-state index in [4.69, 9.17) is 5.11 Å². The molecule has 18 heavy (non-hydrogen) atoms. The van der Waals surface area contributed by atoms with Gasteiger partial charge in [0.05, 0.1) is 11.8 Å². The van der Waals surface area contributed by atoms with Crippen LogP contribution in [0, 0.1) is 11.8 Å². The summed E-state index contributed by atoms with van der Waals surface area (Å²) in [5.41, 5.74) is 1.18. The Bertz CT molecular complexity index is 444. The molecule has 1 fully saturated rings. The van der Waals surface area contributed by atoms with Crippen LogP contribution in [0.3, 0.4) is 0 Å². The summed E-state index contributed by atoms with van der Waals surface area (Å²) >= 11 is 0. The summed E-state index contributed by atoms with van der Waals surface area (Å²) in [6, 6.07) is 9.95. The Morgan fingerprint density at radius 1 is 1.28 bits per heavy atom. The molecule has 2 rings (SSSR count). The number of nitrogens with zero attached hydrogens (tertiary/aromatic N) is 1. The molecule has 1 aromatic carbocycles. The lowest BCUT2D eigenvalue weighted by Gasteiger charge is -2.17. The number of carbonyl (C=O) groups excluding carboxylic acids is 1. The summed E-state index contributed by atoms with van der Waals surface area (Å²) in [5.74, 6) is -1.66. The quantitative estimate of drug-likeness (QED) is 0.855. The van der Waals surface area contributed by atoms with Gasteiger partial charge in [0.15, 0.2) is 0 Å². The molecule has 1 aliphatic carbocycles. The number of hydrogen-bond acceptors (Lipinski definition) is 2. The standard InChI is InChI=1S/C14H17NO3/c1-15(8-7-10-5-3-2-4-6-10)13(16)11-9-12(11)14(17)18/h2-6,11-12H,7-9H2,1H3,(H,17,18). The van der Waals surface area contributed by atoms with Gasteiger partial charge in [-0.15, -0.1) is 0 Å². The SMILES string of the molecule is CN(CCc1ccccc1)C(=O)C1CC1C(=O)O. The van der Waals surface area contributed by atoms with Gasteiger partial charge < -0.3 is 10.0 Å². The molecule has 0 heterocycles. The number of aliphatic carboxylic acids is 1. The van der Waals surface area contributed by atoms with Crippen molar-refractivity contribution in [2.45, 2.75) is 12.8 Å². The van der Waals surface area contributed by atoms with Crippen LogP contribution in [-0.2, 0) is 16.0 Å². The van der Waals surface area contributed by atoms with E-state index in [-0.39, 0.29) is 11.8 Å². The van der Waals surface area contributed by atoms with Gasteiger partial charge in [0.25, 0.3) is 0 Å². The molecule has 1 amide bonds. The molecule has 2 atom stereocenters. The third-order valence-electron chi connectivity index (χ3n) is 3.38. The van der Waals surface area contributed by atoms with Gasteiger partial charge in [-0.05, 0) is 18.4 Å². The van der Waals surface area contributed by atoms with Gasteiger partial charge in [0.1, 0.15) is 0 Å². The summed E-state index contributed by atoms with van der Waals surface area (Å²) in [7, 11) is 1.74. The van der Waals surface area contributed by atoms with E-state index in [1.165, 1.54) is 5.56 Å². The second-order valence-electron chi connectivity index (χ2n) is 4.78. The van der Waals surface area contributed by atoms with Gasteiger partial charge in [-0.1, -0.05) is 30.3 Å². The van der Waals surface area contributed by atoms with E-state index in [1.54, 1.807) is 11.9 Å². The average molecular weight is 247 g/mol. The van der Waals surface area contributed by atoms with Crippen LogP contribution in [0.5, 0.6) is 0 Å². The van der Waals surface area contributed by atoms with Gasteiger partial charge >= 0.3 is 5.97 Å². The second kappa shape index (κ2) is 5.21. The van der Waals surface area contributed by atoms with Crippen molar-refractivity contribution in [3.05, 3.63) is 35.9 Å². The van der Waals surface area contributed by atoms with Crippen LogP contribution in [0.2, 0.25) is 0 Å². The Balaban J connectivity index is 1.80. The number of carboxylic acids is 1. The number of carbonyl (C=O) groups is 2. The Morgan fingerprint density at radius 3 is 2.50 bits per heavy atom. The first-order valence-electron chi connectivity index (χ1n) is 6.11. The van der Waals surface area contributed by atoms with E-state index in [9.17, 15) is 9.59 Å². The molecule has 96 valence electrons. The first kappa shape index (κ1) is 12.6. The lowest BCUT2D eigenvalue weighted by molar-refractivity contribution is -0.141. The zero-order chi connectivity index (χ0) is 13.1. The lowest BCUT2D eigenvalue weighted by atomic mass is 10.1. The lowest BCUT2D eigenvalue weighted by Crippen LogP contribution is -2.31. The molecule has 0 spiro atoms. The highest BCUT2D eigenvalue weighted by Gasteiger charge is 2.49. The molecule has 4 heteroatoms. The van der Waals surface area contributed by atoms with E-state index in [1.807, 2.05) is 30.3 Å². The zero-order valence-corrected chi connectivity index (χ0v) is 10.4. The molecule has 4 nitrogen and oxygen atoms in total. The minimum Gasteiger partial charge on any atom is -0.481 e. The number of likely N-dealkylation sites (N-methyl/N-ethyl adjacent to an activating group) is 1. The molecule has 0 aromatic heterocycles. The topological polar surface area (TPSA) is 57.6 Å². The Morgan fingerprint density at radius 2 is 1.94 bits per heavy atom. The number of hydrogen-bond donors (Lipinski definition) is 1. The summed E-state index contributed by atoms with van der Waals surface area (Å²) in [6.07, 6.45) is 1.29. The highest BCUT2D eigenvalue weighted by Crippen LogP contribution is 2.39. The fraction of sp³-hybridized carbons (Fsp3) is 0.429. The molecule has 0 radical (unpaired) electrons. The summed E-state index contributed by atoms with van der Waals surface area (Å²) in [4.78, 5) is 24.3. The van der Waals surface area contributed by atoms with Crippen molar-refractivity contribution in [1.82, 2.24) is 4.90 Å². The Hall–Kier alpha value is -1.84. The average Bonchev–Trinajstić information content (AvgIpc) is 3.16. The summed E-state index contributed by atoms with van der Waals surface area (Å²) in [6.45, 7) is 0.631. The molecule has 1 aromatic rings. The van der Waals surface area contributed by atoms with Crippen molar-refractivity contribution in [3.8, 4) is 0 Å². The van der Waals surface area contributed by atoms with Crippen molar-refractivity contribution in [2.75, 3.05) is 13.6 Å². The summed E-state index contributed by atoms with van der Waals surface area (Å²) < 4.78 is 0. The third kappa shape index (κ3) is 2.88. The van der Waals surface area contributed by atoms with E-state index < -0.39 is 11.9 Å². The molecule has 1 N–H and O–H groups in total. The van der Waals surface area contributed by atoms with Crippen molar-refractivity contribution < 1.29 is 14.7 Å². The highest BCUT2D eigenvalue weighted by atomic mass is 16.4. The van der Waals surface area contributed by atoms with Gasteiger partial charge in [-0.3, -0.25) is 9.59 Å². The number of benzene rings is 1. The zero-order valence-electron chi connectivity index (χ0n) is 10.4. The van der Waals surface area contributed by atoms with Crippen LogP contribution in [0.4, 0.5) is 0 Å². The van der Waals surface area contributed by atoms with Crippen LogP contribution in [0.25, 0.3) is 0 Å². The van der Waals surface area contributed by atoms with E-state index in [0.29, 0.717) is 13.0 Å².